The first-order chi connectivity index (χ1) is 16.5. The van der Waals surface area contributed by atoms with Crippen LogP contribution >= 0.6 is 11.6 Å². The van der Waals surface area contributed by atoms with Crippen molar-refractivity contribution in [3.8, 4) is 16.9 Å². The van der Waals surface area contributed by atoms with Crippen molar-refractivity contribution in [2.75, 3.05) is 7.11 Å². The normalized spacial score (nSPS) is 15.4. The minimum absolute atomic E-state index is 0.197. The third-order valence-electron chi connectivity index (χ3n) is 6.06. The largest absolute Gasteiger partial charge is 0.497 e. The number of pyridine rings is 1. The summed E-state index contributed by atoms with van der Waals surface area (Å²) in [4.78, 5) is 28.9. The number of fused-ring (bicyclic) bond motifs is 1. The van der Waals surface area contributed by atoms with Gasteiger partial charge >= 0.3 is 0 Å². The van der Waals surface area contributed by atoms with Gasteiger partial charge in [0.2, 0.25) is 5.91 Å². The number of rotatable bonds is 4. The van der Waals surface area contributed by atoms with E-state index in [2.05, 4.69) is 10.1 Å². The van der Waals surface area contributed by atoms with Crippen LogP contribution in [0, 0.1) is 0 Å². The fourth-order valence-corrected chi connectivity index (χ4v) is 4.65. The average Bonchev–Trinajstić information content (AvgIpc) is 3.29. The molecule has 1 amide bonds. The van der Waals surface area contributed by atoms with Gasteiger partial charge in [0.25, 0.3) is 5.56 Å². The summed E-state index contributed by atoms with van der Waals surface area (Å²) < 4.78 is 5.26. The number of carbonyl (C=O) groups is 1. The lowest BCUT2D eigenvalue weighted by Crippen LogP contribution is -2.24. The first kappa shape index (κ1) is 21.9. The highest BCUT2D eigenvalue weighted by Gasteiger charge is 2.34. The van der Waals surface area contributed by atoms with Crippen LogP contribution in [0.25, 0.3) is 22.0 Å². The van der Waals surface area contributed by atoms with Gasteiger partial charge < -0.3 is 9.72 Å². The number of hydrogen-bond donors (Lipinski definition) is 1. The van der Waals surface area contributed by atoms with Crippen LogP contribution in [0.4, 0.5) is 0 Å². The van der Waals surface area contributed by atoms with Crippen molar-refractivity contribution in [2.24, 2.45) is 5.10 Å². The molecule has 1 atom stereocenters. The molecule has 0 bridgehead atoms. The molecule has 3 aromatic carbocycles. The predicted octanol–water partition coefficient (Wildman–Crippen LogP) is 5.55. The molecule has 0 fully saturated rings. The summed E-state index contributed by atoms with van der Waals surface area (Å²) in [7, 11) is 1.61. The first-order valence-corrected chi connectivity index (χ1v) is 11.3. The molecule has 0 saturated heterocycles. The fourth-order valence-electron chi connectivity index (χ4n) is 4.48. The molecule has 4 aromatic rings. The number of hydrogen-bond acceptors (Lipinski definition) is 4. The average molecular weight is 472 g/mol. The number of aromatic amines is 1. The van der Waals surface area contributed by atoms with E-state index in [0.29, 0.717) is 28.2 Å². The Morgan fingerprint density at radius 1 is 1.06 bits per heavy atom. The number of carbonyl (C=O) groups excluding carboxylic acids is 1. The zero-order valence-corrected chi connectivity index (χ0v) is 19.5. The van der Waals surface area contributed by atoms with Crippen molar-refractivity contribution in [1.82, 2.24) is 9.99 Å². The summed E-state index contributed by atoms with van der Waals surface area (Å²) >= 11 is 6.34. The van der Waals surface area contributed by atoms with Gasteiger partial charge in [0.05, 0.1) is 24.4 Å². The van der Waals surface area contributed by atoms with Crippen molar-refractivity contribution < 1.29 is 9.53 Å². The first-order valence-electron chi connectivity index (χ1n) is 10.9. The number of nitrogens with zero attached hydrogens (tertiary/aromatic N) is 2. The third-order valence-corrected chi connectivity index (χ3v) is 6.30. The van der Waals surface area contributed by atoms with Crippen LogP contribution in [0.2, 0.25) is 5.02 Å². The quantitative estimate of drug-likeness (QED) is 0.423. The van der Waals surface area contributed by atoms with Crippen molar-refractivity contribution in [3.05, 3.63) is 99.3 Å². The van der Waals surface area contributed by atoms with E-state index in [4.69, 9.17) is 16.3 Å². The van der Waals surface area contributed by atoms with E-state index in [9.17, 15) is 9.59 Å². The van der Waals surface area contributed by atoms with Gasteiger partial charge in [-0.1, -0.05) is 54.1 Å². The lowest BCUT2D eigenvalue weighted by atomic mass is 9.91. The van der Waals surface area contributed by atoms with Gasteiger partial charge in [0, 0.05) is 34.8 Å². The Kier molecular flexibility index (Phi) is 5.67. The van der Waals surface area contributed by atoms with Crippen LogP contribution in [0.1, 0.15) is 30.5 Å². The molecular formula is C27H22ClN3O3. The molecule has 34 heavy (non-hydrogen) atoms. The molecule has 1 aliphatic heterocycles. The Morgan fingerprint density at radius 2 is 1.79 bits per heavy atom. The predicted molar refractivity (Wildman–Crippen MR) is 134 cm³/mol. The summed E-state index contributed by atoms with van der Waals surface area (Å²) in [5.74, 6) is 0.531. The number of halogens is 1. The molecule has 0 aliphatic carbocycles. The molecule has 0 spiro atoms. The summed E-state index contributed by atoms with van der Waals surface area (Å²) in [6, 6.07) is 22.3. The molecule has 2 heterocycles. The molecule has 0 radical (unpaired) electrons. The van der Waals surface area contributed by atoms with Crippen LogP contribution < -0.4 is 10.3 Å². The highest BCUT2D eigenvalue weighted by Crippen LogP contribution is 2.37. The molecule has 0 saturated carbocycles. The summed E-state index contributed by atoms with van der Waals surface area (Å²) in [6.07, 6.45) is 0.404. The van der Waals surface area contributed by atoms with Crippen LogP contribution in [-0.4, -0.2) is 28.7 Å². The van der Waals surface area contributed by atoms with E-state index in [0.717, 1.165) is 27.8 Å². The Labute approximate surface area is 201 Å². The third kappa shape index (κ3) is 3.86. The van der Waals surface area contributed by atoms with Gasteiger partial charge in [-0.3, -0.25) is 9.59 Å². The second kappa shape index (κ2) is 8.80. The molecule has 7 heteroatoms. The van der Waals surface area contributed by atoms with Crippen molar-refractivity contribution in [2.45, 2.75) is 19.4 Å². The minimum Gasteiger partial charge on any atom is -0.497 e. The Morgan fingerprint density at radius 3 is 2.47 bits per heavy atom. The van der Waals surface area contributed by atoms with Gasteiger partial charge in [-0.15, -0.1) is 0 Å². The number of nitrogens with one attached hydrogen (secondary N) is 1. The van der Waals surface area contributed by atoms with Crippen molar-refractivity contribution in [3.63, 3.8) is 0 Å². The second-order valence-electron chi connectivity index (χ2n) is 8.16. The fraction of sp³-hybridized carbons (Fsp3) is 0.148. The monoisotopic (exact) mass is 471 g/mol. The lowest BCUT2D eigenvalue weighted by molar-refractivity contribution is -0.130. The number of aromatic nitrogens is 1. The second-order valence-corrected chi connectivity index (χ2v) is 8.60. The zero-order valence-electron chi connectivity index (χ0n) is 18.7. The van der Waals surface area contributed by atoms with Crippen LogP contribution in [0.15, 0.2) is 82.7 Å². The van der Waals surface area contributed by atoms with E-state index >= 15 is 0 Å². The number of benzene rings is 3. The molecule has 0 unspecified atom stereocenters. The number of methoxy groups -OCH3 is 1. The van der Waals surface area contributed by atoms with Crippen LogP contribution in [0.3, 0.4) is 0 Å². The zero-order chi connectivity index (χ0) is 23.8. The number of hydrazone groups is 1. The number of H-pyrrole nitrogens is 1. The molecular weight excluding hydrogens is 450 g/mol. The topological polar surface area (TPSA) is 74.8 Å². The maximum atomic E-state index is 13.4. The molecule has 1 N–H and O–H groups in total. The van der Waals surface area contributed by atoms with Gasteiger partial charge in [0.15, 0.2) is 0 Å². The maximum absolute atomic E-state index is 13.4. The molecule has 1 aromatic heterocycles. The summed E-state index contributed by atoms with van der Waals surface area (Å²) in [5, 5.41) is 7.49. The Balaban J connectivity index is 1.71. The van der Waals surface area contributed by atoms with E-state index in [-0.39, 0.29) is 17.5 Å². The minimum atomic E-state index is -0.323. The van der Waals surface area contributed by atoms with Crippen molar-refractivity contribution in [1.29, 1.82) is 0 Å². The highest BCUT2D eigenvalue weighted by molar-refractivity contribution is 6.31. The number of ether oxygens (including phenoxy) is 1. The molecule has 170 valence electrons. The summed E-state index contributed by atoms with van der Waals surface area (Å²) in [6.45, 7) is 1.48. The standard InChI is InChI=1S/C27H22ClN3O3/c1-16(32)31-24(17-8-11-20(34-2)12-9-17)15-23(30-31)26-25(18-6-4-3-5-7-18)21-14-19(28)10-13-22(21)29-27(26)33/h3-14,24H,15H2,1-2H3,(H,29,33)/t24-/m1/s1. The number of amides is 1. The smallest absolute Gasteiger partial charge is 0.258 e. The lowest BCUT2D eigenvalue weighted by Gasteiger charge is -2.20. The maximum Gasteiger partial charge on any atom is 0.258 e. The molecule has 1 aliphatic rings. The van der Waals surface area contributed by atoms with E-state index in [1.54, 1.807) is 19.2 Å². The van der Waals surface area contributed by atoms with E-state index in [1.165, 1.54) is 11.9 Å². The van der Waals surface area contributed by atoms with Gasteiger partial charge in [-0.05, 0) is 41.5 Å². The van der Waals surface area contributed by atoms with Gasteiger partial charge in [0.1, 0.15) is 5.75 Å². The Hall–Kier alpha value is -3.90. The van der Waals surface area contributed by atoms with E-state index < -0.39 is 0 Å². The van der Waals surface area contributed by atoms with Gasteiger partial charge in [-0.2, -0.15) is 5.10 Å². The van der Waals surface area contributed by atoms with Crippen molar-refractivity contribution >= 4 is 34.1 Å². The highest BCUT2D eigenvalue weighted by atomic mass is 35.5. The van der Waals surface area contributed by atoms with Gasteiger partial charge in [-0.25, -0.2) is 5.01 Å². The molecule has 5 rings (SSSR count). The van der Waals surface area contributed by atoms with Crippen LogP contribution in [-0.2, 0) is 4.79 Å². The SMILES string of the molecule is COc1ccc([C@H]2CC(c3c(-c4ccccc4)c4cc(Cl)ccc4[nH]c3=O)=NN2C(C)=O)cc1. The summed E-state index contributed by atoms with van der Waals surface area (Å²) in [5.41, 5.74) is 3.97. The van der Waals surface area contributed by atoms with Crippen LogP contribution in [0.5, 0.6) is 5.75 Å². The Bertz CT molecular complexity index is 1480. The molecule has 6 nitrogen and oxygen atoms in total. The van der Waals surface area contributed by atoms with E-state index in [1.807, 2.05) is 60.7 Å².